The van der Waals surface area contributed by atoms with Crippen LogP contribution in [-0.4, -0.2) is 27.3 Å². The number of alkyl halides is 4. The molecule has 0 spiro atoms. The molecule has 6 nitrogen and oxygen atoms in total. The molecular formula is C33H28F6N4O2. The summed E-state index contributed by atoms with van der Waals surface area (Å²) in [6, 6.07) is 12.7. The third-order valence-electron chi connectivity index (χ3n) is 8.67. The molecule has 2 aromatic carbocycles. The first-order chi connectivity index (χ1) is 21.6. The van der Waals surface area contributed by atoms with Crippen LogP contribution >= 0.6 is 0 Å². The zero-order valence-electron chi connectivity index (χ0n) is 23.8. The lowest BCUT2D eigenvalue weighted by Crippen LogP contribution is -2.35. The SMILES string of the molecule is O=C(Cn1nc(C(F)F)c2c1C(F)(F)[C@@H]1CC21)N[C@@H](Cc1cc(F)cc(F)c1)c1ncccc1-c1ccc(OCC2CC2)cc1. The van der Waals surface area contributed by atoms with E-state index >= 15 is 8.78 Å². The van der Waals surface area contributed by atoms with E-state index in [0.717, 1.165) is 36.6 Å². The highest BCUT2D eigenvalue weighted by molar-refractivity contribution is 5.77. The van der Waals surface area contributed by atoms with E-state index in [4.69, 9.17) is 4.74 Å². The number of aromatic nitrogens is 3. The van der Waals surface area contributed by atoms with E-state index in [1.54, 1.807) is 12.1 Å². The van der Waals surface area contributed by atoms with Crippen LogP contribution in [0.1, 0.15) is 65.9 Å². The first kappa shape index (κ1) is 29.4. The van der Waals surface area contributed by atoms with Crippen molar-refractivity contribution in [3.8, 4) is 16.9 Å². The molecule has 0 radical (unpaired) electrons. The molecule has 0 bridgehead atoms. The Morgan fingerprint density at radius 2 is 1.78 bits per heavy atom. The summed E-state index contributed by atoms with van der Waals surface area (Å²) in [4.78, 5) is 17.9. The molecule has 0 saturated heterocycles. The summed E-state index contributed by atoms with van der Waals surface area (Å²) in [7, 11) is 0. The Kier molecular flexibility index (Phi) is 7.32. The number of rotatable bonds is 11. The van der Waals surface area contributed by atoms with Crippen molar-refractivity contribution in [1.29, 1.82) is 0 Å². The topological polar surface area (TPSA) is 69.0 Å². The van der Waals surface area contributed by atoms with Crippen LogP contribution < -0.4 is 10.1 Å². The van der Waals surface area contributed by atoms with Crippen LogP contribution in [0, 0.1) is 23.5 Å². The first-order valence-corrected chi connectivity index (χ1v) is 14.8. The predicted molar refractivity (Wildman–Crippen MR) is 151 cm³/mol. The van der Waals surface area contributed by atoms with Crippen molar-refractivity contribution in [3.63, 3.8) is 0 Å². The zero-order valence-corrected chi connectivity index (χ0v) is 23.8. The number of amides is 1. The second kappa shape index (κ2) is 11.2. The van der Waals surface area contributed by atoms with Gasteiger partial charge in [-0.15, -0.1) is 0 Å². The van der Waals surface area contributed by atoms with Crippen molar-refractivity contribution in [3.05, 3.63) is 101 Å². The van der Waals surface area contributed by atoms with Crippen LogP contribution in [-0.2, 0) is 23.7 Å². The van der Waals surface area contributed by atoms with Gasteiger partial charge in [0.2, 0.25) is 5.91 Å². The number of nitrogens with one attached hydrogen (secondary N) is 1. The van der Waals surface area contributed by atoms with Gasteiger partial charge in [-0.1, -0.05) is 18.2 Å². The Bertz CT molecular complexity index is 1730. The summed E-state index contributed by atoms with van der Waals surface area (Å²) in [5.41, 5.74) is 0.354. The van der Waals surface area contributed by atoms with Crippen LogP contribution in [0.3, 0.4) is 0 Å². The summed E-state index contributed by atoms with van der Waals surface area (Å²) < 4.78 is 92.5. The number of halogens is 6. The van der Waals surface area contributed by atoms with E-state index < -0.39 is 65.7 Å². The zero-order chi connectivity index (χ0) is 31.5. The van der Waals surface area contributed by atoms with Gasteiger partial charge in [-0.2, -0.15) is 13.9 Å². The highest BCUT2D eigenvalue weighted by Crippen LogP contribution is 2.68. The van der Waals surface area contributed by atoms with Crippen LogP contribution in [0.25, 0.3) is 11.1 Å². The molecule has 234 valence electrons. The van der Waals surface area contributed by atoms with Gasteiger partial charge in [0, 0.05) is 29.3 Å². The summed E-state index contributed by atoms with van der Waals surface area (Å²) in [5, 5.41) is 6.48. The maximum absolute atomic E-state index is 15.1. The smallest absolute Gasteiger partial charge is 0.293 e. The molecule has 1 N–H and O–H groups in total. The van der Waals surface area contributed by atoms with Crippen molar-refractivity contribution in [2.75, 3.05) is 6.61 Å². The average molecular weight is 627 g/mol. The molecular weight excluding hydrogens is 598 g/mol. The van der Waals surface area contributed by atoms with E-state index in [-0.39, 0.29) is 24.0 Å². The van der Waals surface area contributed by atoms with Gasteiger partial charge < -0.3 is 10.1 Å². The molecule has 1 unspecified atom stereocenters. The normalized spacial score (nSPS) is 20.1. The van der Waals surface area contributed by atoms with Crippen molar-refractivity contribution < 1.29 is 35.9 Å². The van der Waals surface area contributed by atoms with Crippen molar-refractivity contribution in [2.24, 2.45) is 11.8 Å². The van der Waals surface area contributed by atoms with E-state index in [1.165, 1.54) is 6.20 Å². The van der Waals surface area contributed by atoms with Gasteiger partial charge in [0.15, 0.2) is 0 Å². The molecule has 0 aliphatic heterocycles. The fourth-order valence-corrected chi connectivity index (χ4v) is 6.30. The molecule has 1 amide bonds. The second-order valence-corrected chi connectivity index (χ2v) is 12.0. The molecule has 7 rings (SSSR count). The number of ether oxygens (including phenoxy) is 1. The lowest BCUT2D eigenvalue weighted by Gasteiger charge is -2.22. The van der Waals surface area contributed by atoms with Gasteiger partial charge in [0.1, 0.15) is 35.3 Å². The van der Waals surface area contributed by atoms with Gasteiger partial charge in [0.25, 0.3) is 12.3 Å². The summed E-state index contributed by atoms with van der Waals surface area (Å²) >= 11 is 0. The molecule has 45 heavy (non-hydrogen) atoms. The number of carbonyl (C=O) groups is 1. The minimum absolute atomic E-state index is 0.0972. The summed E-state index contributed by atoms with van der Waals surface area (Å²) in [5.74, 6) is -6.33. The molecule has 2 heterocycles. The largest absolute Gasteiger partial charge is 0.493 e. The Balaban J connectivity index is 1.19. The van der Waals surface area contributed by atoms with Crippen LogP contribution in [0.4, 0.5) is 26.3 Å². The highest BCUT2D eigenvalue weighted by atomic mass is 19.3. The first-order valence-electron chi connectivity index (χ1n) is 14.8. The lowest BCUT2D eigenvalue weighted by molar-refractivity contribution is -0.123. The number of hydrogen-bond acceptors (Lipinski definition) is 4. The summed E-state index contributed by atoms with van der Waals surface area (Å²) in [6.07, 6.45) is 0.722. The third kappa shape index (κ3) is 5.78. The molecule has 3 aliphatic carbocycles. The monoisotopic (exact) mass is 626 g/mol. The minimum atomic E-state index is -3.39. The standard InChI is InChI=1S/C33H28F6N4O2/c34-20-10-18(11-21(35)13-20)12-26(29-23(2-1-9-40-29)19-5-7-22(8-6-19)45-16-17-3-4-17)41-27(44)15-43-31-28(30(42-43)32(36)37)24-14-25(24)33(31,38)39/h1-2,5-11,13,17,24-26,32H,3-4,12,14-16H2,(H,41,44)/t24?,25-,26+/m1/s1. The molecule has 3 aliphatic rings. The quantitative estimate of drug-likeness (QED) is 0.178. The van der Waals surface area contributed by atoms with Gasteiger partial charge in [0.05, 0.1) is 18.3 Å². The third-order valence-corrected chi connectivity index (χ3v) is 8.67. The van der Waals surface area contributed by atoms with Gasteiger partial charge in [-0.3, -0.25) is 14.5 Å². The number of carbonyl (C=O) groups excluding carboxylic acids is 1. The van der Waals surface area contributed by atoms with Gasteiger partial charge in [-0.05, 0) is 79.0 Å². The molecule has 3 atom stereocenters. The predicted octanol–water partition coefficient (Wildman–Crippen LogP) is 7.26. The number of pyridine rings is 1. The summed E-state index contributed by atoms with van der Waals surface area (Å²) in [6.45, 7) is -0.116. The number of hydrogen-bond donors (Lipinski definition) is 1. The fourth-order valence-electron chi connectivity index (χ4n) is 6.30. The molecule has 2 aromatic heterocycles. The Hall–Kier alpha value is -4.35. The van der Waals surface area contributed by atoms with E-state index in [2.05, 4.69) is 15.4 Å². The Morgan fingerprint density at radius 1 is 1.04 bits per heavy atom. The van der Waals surface area contributed by atoms with Gasteiger partial charge in [-0.25, -0.2) is 17.6 Å². The molecule has 12 heteroatoms. The van der Waals surface area contributed by atoms with Gasteiger partial charge >= 0.3 is 0 Å². The average Bonchev–Trinajstić information content (AvgIpc) is 3.92. The maximum Gasteiger partial charge on any atom is 0.293 e. The fraction of sp³-hybridized carbons (Fsp3) is 0.364. The molecule has 2 saturated carbocycles. The number of fused-ring (bicyclic) bond motifs is 3. The maximum atomic E-state index is 15.1. The van der Waals surface area contributed by atoms with Crippen LogP contribution in [0.5, 0.6) is 5.75 Å². The van der Waals surface area contributed by atoms with Crippen LogP contribution in [0.15, 0.2) is 60.8 Å². The number of nitrogens with zero attached hydrogens (tertiary/aromatic N) is 3. The van der Waals surface area contributed by atoms with E-state index in [9.17, 15) is 22.4 Å². The Morgan fingerprint density at radius 3 is 2.47 bits per heavy atom. The molecule has 4 aromatic rings. The van der Waals surface area contributed by atoms with Crippen molar-refractivity contribution in [1.82, 2.24) is 20.1 Å². The van der Waals surface area contributed by atoms with E-state index in [1.807, 2.05) is 24.3 Å². The number of benzene rings is 2. The van der Waals surface area contributed by atoms with E-state index in [0.29, 0.717) is 34.2 Å². The highest BCUT2D eigenvalue weighted by Gasteiger charge is 2.67. The molecule has 2 fully saturated rings. The van der Waals surface area contributed by atoms with Crippen molar-refractivity contribution >= 4 is 5.91 Å². The second-order valence-electron chi connectivity index (χ2n) is 12.0. The minimum Gasteiger partial charge on any atom is -0.493 e. The van der Waals surface area contributed by atoms with Crippen LogP contribution in [0.2, 0.25) is 0 Å². The Labute approximate surface area is 254 Å². The lowest BCUT2D eigenvalue weighted by atomic mass is 9.95. The van der Waals surface area contributed by atoms with Crippen molar-refractivity contribution in [2.45, 2.75) is 56.5 Å².